The normalized spacial score (nSPS) is 11.6. The van der Waals surface area contributed by atoms with Crippen LogP contribution in [-0.2, 0) is 6.54 Å². The van der Waals surface area contributed by atoms with Gasteiger partial charge in [0.2, 0.25) is 0 Å². The number of amides is 1. The minimum Gasteiger partial charge on any atom is -0.377 e. The highest BCUT2D eigenvalue weighted by Gasteiger charge is 2.14. The number of rotatable bonds is 6. The van der Waals surface area contributed by atoms with E-state index in [0.29, 0.717) is 12.1 Å². The molecule has 4 nitrogen and oxygen atoms in total. The van der Waals surface area contributed by atoms with E-state index in [1.54, 1.807) is 17.3 Å². The molecule has 0 bridgehead atoms. The number of nitrogens with one attached hydrogen (secondary N) is 1. The Morgan fingerprint density at radius 3 is 2.38 bits per heavy atom. The number of hydrogen-bond acceptors (Lipinski definition) is 3. The van der Waals surface area contributed by atoms with Gasteiger partial charge in [0, 0.05) is 32.0 Å². The molecule has 3 aromatic rings. The first-order chi connectivity index (χ1) is 12.6. The highest BCUT2D eigenvalue weighted by molar-refractivity contribution is 5.94. The van der Waals surface area contributed by atoms with Crippen molar-refractivity contribution < 1.29 is 4.79 Å². The summed E-state index contributed by atoms with van der Waals surface area (Å²) in [6, 6.07) is 22.1. The summed E-state index contributed by atoms with van der Waals surface area (Å²) < 4.78 is 0. The molecule has 1 heterocycles. The van der Waals surface area contributed by atoms with Crippen LogP contribution in [0, 0.1) is 0 Å². The smallest absolute Gasteiger partial charge is 0.255 e. The molecule has 132 valence electrons. The molecule has 2 aromatic carbocycles. The quantitative estimate of drug-likeness (QED) is 0.714. The van der Waals surface area contributed by atoms with Crippen molar-refractivity contribution in [3.05, 3.63) is 95.8 Å². The van der Waals surface area contributed by atoms with Crippen molar-refractivity contribution in [2.45, 2.75) is 19.5 Å². The molecule has 0 spiro atoms. The maximum Gasteiger partial charge on any atom is 0.255 e. The lowest BCUT2D eigenvalue weighted by atomic mass is 10.1. The van der Waals surface area contributed by atoms with E-state index in [-0.39, 0.29) is 11.9 Å². The zero-order valence-corrected chi connectivity index (χ0v) is 15.1. The molecule has 0 fully saturated rings. The molecule has 0 aliphatic carbocycles. The number of hydrogen-bond donors (Lipinski definition) is 1. The fourth-order valence-corrected chi connectivity index (χ4v) is 2.86. The van der Waals surface area contributed by atoms with Crippen molar-refractivity contribution in [1.29, 1.82) is 0 Å². The van der Waals surface area contributed by atoms with Gasteiger partial charge in [-0.3, -0.25) is 9.78 Å². The van der Waals surface area contributed by atoms with Gasteiger partial charge in [-0.1, -0.05) is 60.7 Å². The maximum atomic E-state index is 12.7. The van der Waals surface area contributed by atoms with Gasteiger partial charge in [-0.15, -0.1) is 0 Å². The van der Waals surface area contributed by atoms with E-state index in [4.69, 9.17) is 0 Å². The van der Waals surface area contributed by atoms with Gasteiger partial charge in [0.25, 0.3) is 5.91 Å². The van der Waals surface area contributed by atoms with Crippen LogP contribution < -0.4 is 5.32 Å². The summed E-state index contributed by atoms with van der Waals surface area (Å²) >= 11 is 0. The Morgan fingerprint density at radius 2 is 1.69 bits per heavy atom. The Balaban J connectivity index is 1.69. The van der Waals surface area contributed by atoms with E-state index in [1.807, 2.05) is 61.6 Å². The minimum absolute atomic E-state index is 0.0441. The third kappa shape index (κ3) is 4.48. The lowest BCUT2D eigenvalue weighted by Crippen LogP contribution is -2.26. The summed E-state index contributed by atoms with van der Waals surface area (Å²) in [5, 5.41) is 3.41. The standard InChI is InChI=1S/C22H23N3O/c1-17(19-11-7-4-8-12-19)24-21-13-20(14-23-15-21)22(26)25(2)16-18-9-5-3-6-10-18/h3-15,17,24H,16H2,1-2H3. The van der Waals surface area contributed by atoms with Crippen molar-refractivity contribution in [2.24, 2.45) is 0 Å². The fourth-order valence-electron chi connectivity index (χ4n) is 2.86. The Kier molecular flexibility index (Phi) is 5.64. The average Bonchev–Trinajstić information content (AvgIpc) is 2.69. The summed E-state index contributed by atoms with van der Waals surface area (Å²) in [4.78, 5) is 18.7. The van der Waals surface area contributed by atoms with E-state index in [1.165, 1.54) is 5.56 Å². The summed E-state index contributed by atoms with van der Waals surface area (Å²) in [6.45, 7) is 2.66. The zero-order chi connectivity index (χ0) is 18.4. The number of pyridine rings is 1. The van der Waals surface area contributed by atoms with E-state index in [0.717, 1.165) is 11.3 Å². The van der Waals surface area contributed by atoms with Crippen LogP contribution in [0.15, 0.2) is 79.1 Å². The second-order valence-corrected chi connectivity index (χ2v) is 6.39. The number of anilines is 1. The number of nitrogens with zero attached hydrogens (tertiary/aromatic N) is 2. The second kappa shape index (κ2) is 8.30. The monoisotopic (exact) mass is 345 g/mol. The summed E-state index contributed by atoms with van der Waals surface area (Å²) in [7, 11) is 1.81. The van der Waals surface area contributed by atoms with Gasteiger partial charge in [-0.2, -0.15) is 0 Å². The predicted octanol–water partition coefficient (Wildman–Crippen LogP) is 4.53. The Labute approximate surface area is 154 Å². The van der Waals surface area contributed by atoms with Crippen molar-refractivity contribution in [3.63, 3.8) is 0 Å². The van der Waals surface area contributed by atoms with E-state index < -0.39 is 0 Å². The Bertz CT molecular complexity index is 850. The van der Waals surface area contributed by atoms with Crippen LogP contribution in [0.2, 0.25) is 0 Å². The summed E-state index contributed by atoms with van der Waals surface area (Å²) in [5.41, 5.74) is 3.70. The molecule has 1 N–H and O–H groups in total. The summed E-state index contributed by atoms with van der Waals surface area (Å²) in [5.74, 6) is -0.0441. The molecule has 1 atom stereocenters. The topological polar surface area (TPSA) is 45.2 Å². The molecular formula is C22H23N3O. The number of aromatic nitrogens is 1. The zero-order valence-electron chi connectivity index (χ0n) is 15.1. The van der Waals surface area contributed by atoms with Crippen LogP contribution in [0.4, 0.5) is 5.69 Å². The van der Waals surface area contributed by atoms with Crippen molar-refractivity contribution >= 4 is 11.6 Å². The van der Waals surface area contributed by atoms with Crippen LogP contribution in [-0.4, -0.2) is 22.8 Å². The fraction of sp³-hybridized carbons (Fsp3) is 0.182. The highest BCUT2D eigenvalue weighted by atomic mass is 16.2. The Morgan fingerprint density at radius 1 is 1.04 bits per heavy atom. The molecule has 0 saturated carbocycles. The number of carbonyl (C=O) groups excluding carboxylic acids is 1. The Hall–Kier alpha value is -3.14. The molecule has 0 saturated heterocycles. The van der Waals surface area contributed by atoms with Crippen LogP contribution in [0.25, 0.3) is 0 Å². The largest absolute Gasteiger partial charge is 0.377 e. The first-order valence-electron chi connectivity index (χ1n) is 8.69. The van der Waals surface area contributed by atoms with Crippen LogP contribution in [0.5, 0.6) is 0 Å². The van der Waals surface area contributed by atoms with Gasteiger partial charge in [-0.25, -0.2) is 0 Å². The van der Waals surface area contributed by atoms with Gasteiger partial charge in [-0.05, 0) is 24.1 Å². The van der Waals surface area contributed by atoms with Crippen molar-refractivity contribution in [3.8, 4) is 0 Å². The number of benzene rings is 2. The SMILES string of the molecule is CC(Nc1cncc(C(=O)N(C)Cc2ccccc2)c1)c1ccccc1. The van der Waals surface area contributed by atoms with E-state index in [2.05, 4.69) is 29.4 Å². The summed E-state index contributed by atoms with van der Waals surface area (Å²) in [6.07, 6.45) is 3.36. The van der Waals surface area contributed by atoms with Crippen LogP contribution in [0.3, 0.4) is 0 Å². The lowest BCUT2D eigenvalue weighted by Gasteiger charge is -2.19. The molecule has 0 aliphatic heterocycles. The van der Waals surface area contributed by atoms with Gasteiger partial charge in [0.1, 0.15) is 0 Å². The first kappa shape index (κ1) is 17.7. The molecule has 3 rings (SSSR count). The van der Waals surface area contributed by atoms with Crippen LogP contribution >= 0.6 is 0 Å². The predicted molar refractivity (Wildman–Crippen MR) is 105 cm³/mol. The second-order valence-electron chi connectivity index (χ2n) is 6.39. The third-order valence-corrected chi connectivity index (χ3v) is 4.28. The third-order valence-electron chi connectivity index (χ3n) is 4.28. The van der Waals surface area contributed by atoms with E-state index in [9.17, 15) is 4.79 Å². The van der Waals surface area contributed by atoms with Crippen molar-refractivity contribution in [2.75, 3.05) is 12.4 Å². The molecule has 0 radical (unpaired) electrons. The van der Waals surface area contributed by atoms with Gasteiger partial charge >= 0.3 is 0 Å². The molecule has 1 unspecified atom stereocenters. The molecule has 4 heteroatoms. The van der Waals surface area contributed by atoms with Crippen LogP contribution in [0.1, 0.15) is 34.5 Å². The molecule has 1 amide bonds. The minimum atomic E-state index is -0.0441. The van der Waals surface area contributed by atoms with Gasteiger partial charge < -0.3 is 10.2 Å². The maximum absolute atomic E-state index is 12.7. The average molecular weight is 345 g/mol. The lowest BCUT2D eigenvalue weighted by molar-refractivity contribution is 0.0784. The molecule has 1 aromatic heterocycles. The van der Waals surface area contributed by atoms with Gasteiger partial charge in [0.15, 0.2) is 0 Å². The molecular weight excluding hydrogens is 322 g/mol. The number of carbonyl (C=O) groups is 1. The molecule has 26 heavy (non-hydrogen) atoms. The molecule has 0 aliphatic rings. The highest BCUT2D eigenvalue weighted by Crippen LogP contribution is 2.19. The van der Waals surface area contributed by atoms with Gasteiger partial charge in [0.05, 0.1) is 11.3 Å². The first-order valence-corrected chi connectivity index (χ1v) is 8.69. The van der Waals surface area contributed by atoms with E-state index >= 15 is 0 Å². The van der Waals surface area contributed by atoms with Crippen molar-refractivity contribution in [1.82, 2.24) is 9.88 Å².